The van der Waals surface area contributed by atoms with E-state index in [0.717, 1.165) is 30.2 Å². The minimum absolute atomic E-state index is 0.00362. The van der Waals surface area contributed by atoms with Gasteiger partial charge in [0.05, 0.1) is 11.7 Å². The lowest BCUT2D eigenvalue weighted by Gasteiger charge is -2.40. The van der Waals surface area contributed by atoms with Crippen molar-refractivity contribution < 1.29 is 4.79 Å². The van der Waals surface area contributed by atoms with Crippen molar-refractivity contribution >= 4 is 17.4 Å². The zero-order valence-corrected chi connectivity index (χ0v) is 14.5. The van der Waals surface area contributed by atoms with Gasteiger partial charge in [0.15, 0.2) is 0 Å². The van der Waals surface area contributed by atoms with Crippen molar-refractivity contribution in [2.45, 2.75) is 25.9 Å². The first-order chi connectivity index (χ1) is 12.7. The van der Waals surface area contributed by atoms with Crippen LogP contribution in [0, 0.1) is 6.92 Å². The number of para-hydroxylation sites is 1. The van der Waals surface area contributed by atoms with Crippen LogP contribution in [0.3, 0.4) is 0 Å². The molecule has 2 aromatic heterocycles. The number of likely N-dealkylation sites (tertiary alicyclic amines) is 1. The molecule has 1 amide bonds. The van der Waals surface area contributed by atoms with E-state index in [-0.39, 0.29) is 18.5 Å². The topological polar surface area (TPSA) is 75.9 Å². The summed E-state index contributed by atoms with van der Waals surface area (Å²) in [5, 5.41) is 7.40. The molecule has 26 heavy (non-hydrogen) atoms. The minimum Gasteiger partial charge on any atom is -0.340 e. The third-order valence-corrected chi connectivity index (χ3v) is 4.44. The fraction of sp³-hybridized carbons (Fsp3) is 0.263. The predicted octanol–water partition coefficient (Wildman–Crippen LogP) is 2.70. The number of benzene rings is 1. The highest BCUT2D eigenvalue weighted by atomic mass is 16.2. The second-order valence-corrected chi connectivity index (χ2v) is 6.31. The lowest BCUT2D eigenvalue weighted by Crippen LogP contribution is -2.47. The Labute approximate surface area is 151 Å². The number of hydrogen-bond acceptors (Lipinski definition) is 5. The molecule has 4 rings (SSSR count). The SMILES string of the molecule is Cc1nc(Nc2ccccc2)cc(C2CCN2C(=O)Cn2cccn2)n1. The van der Waals surface area contributed by atoms with Gasteiger partial charge in [0.2, 0.25) is 5.91 Å². The maximum Gasteiger partial charge on any atom is 0.244 e. The molecule has 7 nitrogen and oxygen atoms in total. The Bertz CT molecular complexity index is 894. The number of nitrogens with zero attached hydrogens (tertiary/aromatic N) is 5. The second-order valence-electron chi connectivity index (χ2n) is 6.31. The highest BCUT2D eigenvalue weighted by Gasteiger charge is 2.34. The maximum atomic E-state index is 12.5. The third-order valence-electron chi connectivity index (χ3n) is 4.44. The number of rotatable bonds is 5. The molecule has 3 aromatic rings. The van der Waals surface area contributed by atoms with Crippen LogP contribution in [0.15, 0.2) is 54.9 Å². The van der Waals surface area contributed by atoms with Crippen molar-refractivity contribution in [3.63, 3.8) is 0 Å². The van der Waals surface area contributed by atoms with Crippen molar-refractivity contribution in [2.75, 3.05) is 11.9 Å². The fourth-order valence-electron chi connectivity index (χ4n) is 3.11. The Morgan fingerprint density at radius 1 is 1.23 bits per heavy atom. The van der Waals surface area contributed by atoms with E-state index < -0.39 is 0 Å². The molecule has 3 heterocycles. The van der Waals surface area contributed by atoms with Crippen LogP contribution in [0.25, 0.3) is 0 Å². The summed E-state index contributed by atoms with van der Waals surface area (Å²) in [5.41, 5.74) is 1.84. The number of anilines is 2. The molecular formula is C19H20N6O. The number of carbonyl (C=O) groups is 1. The van der Waals surface area contributed by atoms with Crippen molar-refractivity contribution in [2.24, 2.45) is 0 Å². The third kappa shape index (κ3) is 3.42. The highest BCUT2D eigenvalue weighted by molar-refractivity contribution is 5.77. The van der Waals surface area contributed by atoms with Gasteiger partial charge in [0.1, 0.15) is 18.2 Å². The summed E-state index contributed by atoms with van der Waals surface area (Å²) in [7, 11) is 0. The van der Waals surface area contributed by atoms with E-state index in [1.54, 1.807) is 17.1 Å². The van der Waals surface area contributed by atoms with E-state index in [9.17, 15) is 4.79 Å². The lowest BCUT2D eigenvalue weighted by atomic mass is 9.99. The Hall–Kier alpha value is -3.22. The molecule has 1 aliphatic heterocycles. The lowest BCUT2D eigenvalue weighted by molar-refractivity contribution is -0.140. The summed E-state index contributed by atoms with van der Waals surface area (Å²) in [6.45, 7) is 2.87. The molecule has 0 aliphatic carbocycles. The molecule has 0 spiro atoms. The van der Waals surface area contributed by atoms with Crippen LogP contribution in [0.2, 0.25) is 0 Å². The number of carbonyl (C=O) groups excluding carboxylic acids is 1. The number of nitrogens with one attached hydrogen (secondary N) is 1. The Kier molecular flexibility index (Phi) is 4.35. The van der Waals surface area contributed by atoms with Gasteiger partial charge >= 0.3 is 0 Å². The number of aromatic nitrogens is 4. The number of amides is 1. The Morgan fingerprint density at radius 3 is 2.77 bits per heavy atom. The van der Waals surface area contributed by atoms with E-state index in [0.29, 0.717) is 5.82 Å². The predicted molar refractivity (Wildman–Crippen MR) is 97.8 cm³/mol. The molecule has 1 aromatic carbocycles. The number of aryl methyl sites for hydroxylation is 1. The summed E-state index contributed by atoms with van der Waals surface area (Å²) in [5.74, 6) is 1.48. The first-order valence-corrected chi connectivity index (χ1v) is 8.63. The zero-order valence-electron chi connectivity index (χ0n) is 14.5. The van der Waals surface area contributed by atoms with Crippen molar-refractivity contribution in [1.82, 2.24) is 24.6 Å². The van der Waals surface area contributed by atoms with Gasteiger partial charge in [-0.2, -0.15) is 5.10 Å². The van der Waals surface area contributed by atoms with Gasteiger partial charge in [-0.1, -0.05) is 18.2 Å². The van der Waals surface area contributed by atoms with E-state index in [2.05, 4.69) is 20.4 Å². The average Bonchev–Trinajstić information content (AvgIpc) is 3.07. The molecule has 7 heteroatoms. The molecule has 0 radical (unpaired) electrons. The summed E-state index contributed by atoms with van der Waals surface area (Å²) in [4.78, 5) is 23.4. The fourth-order valence-corrected chi connectivity index (χ4v) is 3.11. The molecule has 1 unspecified atom stereocenters. The van der Waals surface area contributed by atoms with Gasteiger partial charge < -0.3 is 10.2 Å². The van der Waals surface area contributed by atoms with Crippen molar-refractivity contribution in [3.05, 3.63) is 66.4 Å². The molecule has 0 bridgehead atoms. The maximum absolute atomic E-state index is 12.5. The average molecular weight is 348 g/mol. The monoisotopic (exact) mass is 348 g/mol. The molecule has 1 aliphatic rings. The Balaban J connectivity index is 1.51. The molecule has 1 atom stereocenters. The van der Waals surface area contributed by atoms with Crippen LogP contribution in [-0.2, 0) is 11.3 Å². The highest BCUT2D eigenvalue weighted by Crippen LogP contribution is 2.33. The summed E-state index contributed by atoms with van der Waals surface area (Å²) in [6.07, 6.45) is 4.38. The van der Waals surface area contributed by atoms with Gasteiger partial charge in [-0.05, 0) is 31.5 Å². The van der Waals surface area contributed by atoms with E-state index in [1.165, 1.54) is 0 Å². The molecule has 1 N–H and O–H groups in total. The largest absolute Gasteiger partial charge is 0.340 e. The minimum atomic E-state index is -0.00362. The first-order valence-electron chi connectivity index (χ1n) is 8.63. The van der Waals surface area contributed by atoms with Crippen LogP contribution in [0.5, 0.6) is 0 Å². The van der Waals surface area contributed by atoms with Crippen LogP contribution in [-0.4, -0.2) is 37.1 Å². The molecule has 1 saturated heterocycles. The Morgan fingerprint density at radius 2 is 2.08 bits per heavy atom. The summed E-state index contributed by atoms with van der Waals surface area (Å²) < 4.78 is 1.64. The standard InChI is InChI=1S/C19H20N6O/c1-14-21-16(12-18(22-14)23-15-6-3-2-4-7-15)17-8-11-25(17)19(26)13-24-10-5-9-20-24/h2-7,9-10,12,17H,8,11,13H2,1H3,(H,21,22,23). The van der Waals surface area contributed by atoms with E-state index >= 15 is 0 Å². The van der Waals surface area contributed by atoms with Crippen LogP contribution in [0.1, 0.15) is 24.0 Å². The normalized spacial score (nSPS) is 16.2. The molecular weight excluding hydrogens is 328 g/mol. The van der Waals surface area contributed by atoms with Crippen LogP contribution in [0.4, 0.5) is 11.5 Å². The smallest absolute Gasteiger partial charge is 0.244 e. The zero-order chi connectivity index (χ0) is 17.9. The van der Waals surface area contributed by atoms with E-state index in [4.69, 9.17) is 0 Å². The second kappa shape index (κ2) is 6.95. The summed E-state index contributed by atoms with van der Waals surface area (Å²) >= 11 is 0. The quantitative estimate of drug-likeness (QED) is 0.767. The molecule has 132 valence electrons. The van der Waals surface area contributed by atoms with Gasteiger partial charge in [0.25, 0.3) is 0 Å². The van der Waals surface area contributed by atoms with Gasteiger partial charge in [-0.15, -0.1) is 0 Å². The molecule has 0 saturated carbocycles. The number of hydrogen-bond donors (Lipinski definition) is 1. The van der Waals surface area contributed by atoms with Gasteiger partial charge in [-0.25, -0.2) is 9.97 Å². The van der Waals surface area contributed by atoms with Gasteiger partial charge in [0, 0.05) is 30.7 Å². The van der Waals surface area contributed by atoms with Gasteiger partial charge in [-0.3, -0.25) is 9.48 Å². The van der Waals surface area contributed by atoms with E-state index in [1.807, 2.05) is 54.3 Å². The summed E-state index contributed by atoms with van der Waals surface area (Å²) in [6, 6.07) is 13.6. The molecule has 1 fully saturated rings. The first kappa shape index (κ1) is 16.3. The van der Waals surface area contributed by atoms with Crippen LogP contribution >= 0.6 is 0 Å². The van der Waals surface area contributed by atoms with Crippen LogP contribution < -0.4 is 5.32 Å². The van der Waals surface area contributed by atoms with Crippen molar-refractivity contribution in [3.8, 4) is 0 Å². The van der Waals surface area contributed by atoms with Crippen molar-refractivity contribution in [1.29, 1.82) is 0 Å².